The fourth-order valence-electron chi connectivity index (χ4n) is 2.64. The maximum absolute atomic E-state index is 12.1. The van der Waals surface area contributed by atoms with Crippen LogP contribution in [0.5, 0.6) is 5.75 Å². The SMILES string of the molecule is COC(=O)c1ccc(O[C@H](C)C(=O)NC2CCCC2)c([N+](=O)[O-])c1. The highest BCUT2D eigenvalue weighted by molar-refractivity contribution is 5.90. The van der Waals surface area contributed by atoms with Gasteiger partial charge in [-0.05, 0) is 31.9 Å². The Morgan fingerprint density at radius 3 is 2.58 bits per heavy atom. The summed E-state index contributed by atoms with van der Waals surface area (Å²) in [5, 5.41) is 14.1. The van der Waals surface area contributed by atoms with Crippen molar-refractivity contribution in [2.75, 3.05) is 7.11 Å². The molecule has 0 unspecified atom stereocenters. The monoisotopic (exact) mass is 336 g/mol. The minimum Gasteiger partial charge on any atom is -0.474 e. The smallest absolute Gasteiger partial charge is 0.338 e. The van der Waals surface area contributed by atoms with Gasteiger partial charge < -0.3 is 14.8 Å². The summed E-state index contributed by atoms with van der Waals surface area (Å²) < 4.78 is 9.98. The normalized spacial score (nSPS) is 15.6. The number of hydrogen-bond acceptors (Lipinski definition) is 6. The molecule has 0 saturated heterocycles. The molecular formula is C16H20N2O6. The number of nitrogens with one attached hydrogen (secondary N) is 1. The van der Waals surface area contributed by atoms with Crippen LogP contribution in [0, 0.1) is 10.1 Å². The molecule has 1 atom stereocenters. The minimum atomic E-state index is -0.881. The lowest BCUT2D eigenvalue weighted by atomic mass is 10.2. The number of nitrogens with zero attached hydrogens (tertiary/aromatic N) is 1. The Hall–Kier alpha value is -2.64. The number of hydrogen-bond donors (Lipinski definition) is 1. The van der Waals surface area contributed by atoms with Crippen LogP contribution >= 0.6 is 0 Å². The van der Waals surface area contributed by atoms with Gasteiger partial charge in [-0.3, -0.25) is 14.9 Å². The average Bonchev–Trinajstić information content (AvgIpc) is 3.07. The molecule has 8 nitrogen and oxygen atoms in total. The third-order valence-electron chi connectivity index (χ3n) is 3.95. The molecule has 1 amide bonds. The van der Waals surface area contributed by atoms with E-state index >= 15 is 0 Å². The zero-order chi connectivity index (χ0) is 17.7. The first-order chi connectivity index (χ1) is 11.4. The number of ether oxygens (including phenoxy) is 2. The highest BCUT2D eigenvalue weighted by atomic mass is 16.6. The molecule has 1 aromatic rings. The Morgan fingerprint density at radius 2 is 2.00 bits per heavy atom. The van der Waals surface area contributed by atoms with E-state index in [1.807, 2.05) is 0 Å². The number of nitro groups is 1. The van der Waals surface area contributed by atoms with Crippen LogP contribution < -0.4 is 10.1 Å². The van der Waals surface area contributed by atoms with Crippen LogP contribution in [0.2, 0.25) is 0 Å². The summed E-state index contributed by atoms with van der Waals surface area (Å²) >= 11 is 0. The number of nitro benzene ring substituents is 1. The third-order valence-corrected chi connectivity index (χ3v) is 3.95. The number of amides is 1. The summed E-state index contributed by atoms with van der Waals surface area (Å²) in [6, 6.07) is 3.86. The Labute approximate surface area is 139 Å². The van der Waals surface area contributed by atoms with Crippen LogP contribution in [0.1, 0.15) is 43.0 Å². The number of carbonyl (C=O) groups excluding carboxylic acids is 2. The van der Waals surface area contributed by atoms with Gasteiger partial charge >= 0.3 is 11.7 Å². The Morgan fingerprint density at radius 1 is 1.33 bits per heavy atom. The van der Waals surface area contributed by atoms with E-state index in [1.54, 1.807) is 0 Å². The molecule has 0 aromatic heterocycles. The molecule has 1 aromatic carbocycles. The van der Waals surface area contributed by atoms with Gasteiger partial charge in [-0.2, -0.15) is 0 Å². The molecule has 1 aliphatic rings. The summed E-state index contributed by atoms with van der Waals surface area (Å²) in [6.45, 7) is 1.53. The van der Waals surface area contributed by atoms with Gasteiger partial charge in [-0.25, -0.2) is 4.79 Å². The van der Waals surface area contributed by atoms with Crippen molar-refractivity contribution in [3.8, 4) is 5.75 Å². The van der Waals surface area contributed by atoms with Gasteiger partial charge in [0, 0.05) is 12.1 Å². The lowest BCUT2D eigenvalue weighted by Crippen LogP contribution is -2.41. The molecule has 8 heteroatoms. The van der Waals surface area contributed by atoms with Gasteiger partial charge in [-0.1, -0.05) is 12.8 Å². The van der Waals surface area contributed by atoms with E-state index in [1.165, 1.54) is 26.2 Å². The van der Waals surface area contributed by atoms with Crippen molar-refractivity contribution >= 4 is 17.6 Å². The van der Waals surface area contributed by atoms with Crippen molar-refractivity contribution in [2.45, 2.75) is 44.8 Å². The Kier molecular flexibility index (Phi) is 5.73. The Bertz CT molecular complexity index is 639. The standard InChI is InChI=1S/C16H20N2O6/c1-10(15(19)17-12-5-3-4-6-12)24-14-8-7-11(16(20)23-2)9-13(14)18(21)22/h7-10,12H,3-6H2,1-2H3,(H,17,19)/t10-/m1/s1. The topological polar surface area (TPSA) is 108 Å². The van der Waals surface area contributed by atoms with Crippen LogP contribution in [0.25, 0.3) is 0 Å². The second-order valence-corrected chi connectivity index (χ2v) is 5.68. The average molecular weight is 336 g/mol. The first-order valence-corrected chi connectivity index (χ1v) is 7.76. The quantitative estimate of drug-likeness (QED) is 0.485. The van der Waals surface area contributed by atoms with Gasteiger partial charge in [0.25, 0.3) is 5.91 Å². The van der Waals surface area contributed by atoms with Gasteiger partial charge in [0.2, 0.25) is 0 Å². The Balaban J connectivity index is 2.11. The van der Waals surface area contributed by atoms with Gasteiger partial charge in [0.1, 0.15) is 0 Å². The molecule has 24 heavy (non-hydrogen) atoms. The molecular weight excluding hydrogens is 316 g/mol. The van der Waals surface area contributed by atoms with Crippen molar-refractivity contribution in [1.29, 1.82) is 0 Å². The molecule has 0 heterocycles. The maximum atomic E-state index is 12.1. The summed E-state index contributed by atoms with van der Waals surface area (Å²) in [6.07, 6.45) is 3.16. The van der Waals surface area contributed by atoms with Crippen LogP contribution in [0.15, 0.2) is 18.2 Å². The maximum Gasteiger partial charge on any atom is 0.338 e. The van der Waals surface area contributed by atoms with Crippen molar-refractivity contribution < 1.29 is 24.0 Å². The van der Waals surface area contributed by atoms with Crippen molar-refractivity contribution in [3.63, 3.8) is 0 Å². The van der Waals surface area contributed by atoms with Crippen LogP contribution in [-0.2, 0) is 9.53 Å². The molecule has 0 spiro atoms. The molecule has 1 aliphatic carbocycles. The third kappa shape index (κ3) is 4.21. The van der Waals surface area contributed by atoms with Crippen LogP contribution in [-0.4, -0.2) is 36.1 Å². The number of rotatable bonds is 6. The molecule has 0 radical (unpaired) electrons. The summed E-state index contributed by atoms with van der Waals surface area (Å²) in [5.41, 5.74) is -0.349. The molecule has 1 fully saturated rings. The highest BCUT2D eigenvalue weighted by Gasteiger charge is 2.25. The number of methoxy groups -OCH3 is 1. The number of benzene rings is 1. The summed E-state index contributed by atoms with van der Waals surface area (Å²) in [5.74, 6) is -1.06. The second-order valence-electron chi connectivity index (χ2n) is 5.68. The molecule has 0 aliphatic heterocycles. The lowest BCUT2D eigenvalue weighted by molar-refractivity contribution is -0.386. The first kappa shape index (κ1) is 17.7. The van der Waals surface area contributed by atoms with Gasteiger partial charge in [-0.15, -0.1) is 0 Å². The zero-order valence-electron chi connectivity index (χ0n) is 13.6. The minimum absolute atomic E-state index is 0.0413. The molecule has 130 valence electrons. The molecule has 2 rings (SSSR count). The van der Waals surface area contributed by atoms with Crippen LogP contribution in [0.4, 0.5) is 5.69 Å². The summed E-state index contributed by atoms with van der Waals surface area (Å²) in [7, 11) is 1.19. The van der Waals surface area contributed by atoms with Gasteiger partial charge in [0.05, 0.1) is 17.6 Å². The lowest BCUT2D eigenvalue weighted by Gasteiger charge is -2.18. The predicted octanol–water partition coefficient (Wildman–Crippen LogP) is 2.21. The fourth-order valence-corrected chi connectivity index (χ4v) is 2.64. The molecule has 0 bridgehead atoms. The first-order valence-electron chi connectivity index (χ1n) is 7.76. The van der Waals surface area contributed by atoms with Crippen molar-refractivity contribution in [1.82, 2.24) is 5.32 Å². The zero-order valence-corrected chi connectivity index (χ0v) is 13.6. The van der Waals surface area contributed by atoms with Crippen molar-refractivity contribution in [3.05, 3.63) is 33.9 Å². The van der Waals surface area contributed by atoms with E-state index in [2.05, 4.69) is 10.1 Å². The fraction of sp³-hybridized carbons (Fsp3) is 0.500. The number of esters is 1. The highest BCUT2D eigenvalue weighted by Crippen LogP contribution is 2.29. The van der Waals surface area contributed by atoms with E-state index in [0.717, 1.165) is 31.7 Å². The van der Waals surface area contributed by atoms with Crippen LogP contribution in [0.3, 0.4) is 0 Å². The molecule has 1 N–H and O–H groups in total. The van der Waals surface area contributed by atoms with Gasteiger partial charge in [0.15, 0.2) is 11.9 Å². The van der Waals surface area contributed by atoms with E-state index in [4.69, 9.17) is 4.74 Å². The van der Waals surface area contributed by atoms with E-state index in [-0.39, 0.29) is 23.3 Å². The summed E-state index contributed by atoms with van der Waals surface area (Å²) in [4.78, 5) is 34.1. The van der Waals surface area contributed by atoms with E-state index < -0.39 is 22.7 Å². The van der Waals surface area contributed by atoms with Crippen molar-refractivity contribution in [2.24, 2.45) is 0 Å². The molecule has 1 saturated carbocycles. The predicted molar refractivity (Wildman–Crippen MR) is 84.9 cm³/mol. The largest absolute Gasteiger partial charge is 0.474 e. The van der Waals surface area contributed by atoms with E-state index in [0.29, 0.717) is 0 Å². The second kappa shape index (κ2) is 7.76. The number of carbonyl (C=O) groups is 2. The van der Waals surface area contributed by atoms with E-state index in [9.17, 15) is 19.7 Å².